The minimum absolute atomic E-state index is 0.0973. The van der Waals surface area contributed by atoms with Crippen LogP contribution in [0.1, 0.15) is 62.3 Å². The third-order valence-corrected chi connectivity index (χ3v) is 7.69. The number of ether oxygens (including phenoxy) is 1. The van der Waals surface area contributed by atoms with Crippen LogP contribution in [-0.2, 0) is 13.6 Å². The van der Waals surface area contributed by atoms with Crippen molar-refractivity contribution in [3.63, 3.8) is 0 Å². The molecule has 2 saturated carbocycles. The Kier molecular flexibility index (Phi) is 5.83. The van der Waals surface area contributed by atoms with Crippen LogP contribution in [0.2, 0.25) is 0 Å². The van der Waals surface area contributed by atoms with Gasteiger partial charge in [0.1, 0.15) is 17.7 Å². The first-order valence-electron chi connectivity index (χ1n) is 11.8. The predicted molar refractivity (Wildman–Crippen MR) is 117 cm³/mol. The Bertz CT molecular complexity index is 827. The van der Waals surface area contributed by atoms with Crippen LogP contribution >= 0.6 is 0 Å². The van der Waals surface area contributed by atoms with Gasteiger partial charge in [-0.05, 0) is 61.1 Å². The molecule has 4 atom stereocenters. The first-order chi connectivity index (χ1) is 14.7. The third-order valence-electron chi connectivity index (χ3n) is 7.69. The molecule has 1 aliphatic heterocycles. The Morgan fingerprint density at radius 3 is 2.47 bits per heavy atom. The topological polar surface area (TPSA) is 50.5 Å². The van der Waals surface area contributed by atoms with E-state index in [4.69, 9.17) is 4.74 Å². The summed E-state index contributed by atoms with van der Waals surface area (Å²) in [5.74, 6) is 3.89. The molecule has 1 N–H and O–H groups in total. The zero-order chi connectivity index (χ0) is 20.5. The fourth-order valence-corrected chi connectivity index (χ4v) is 5.92. The summed E-state index contributed by atoms with van der Waals surface area (Å²) in [5.41, 5.74) is 1.45. The van der Waals surface area contributed by atoms with Gasteiger partial charge in [-0.1, -0.05) is 31.4 Å². The van der Waals surface area contributed by atoms with E-state index in [-0.39, 0.29) is 12.2 Å². The first-order valence-corrected chi connectivity index (χ1v) is 11.8. The van der Waals surface area contributed by atoms with E-state index in [1.807, 2.05) is 12.4 Å². The van der Waals surface area contributed by atoms with Crippen molar-refractivity contribution in [1.82, 2.24) is 14.5 Å². The normalized spacial score (nSPS) is 30.3. The van der Waals surface area contributed by atoms with Crippen molar-refractivity contribution in [3.8, 4) is 5.75 Å². The number of hydrogen-bond donors (Lipinski definition) is 1. The van der Waals surface area contributed by atoms with Gasteiger partial charge in [0.25, 0.3) is 0 Å². The Hall–Kier alpha value is -1.85. The lowest BCUT2D eigenvalue weighted by Gasteiger charge is -2.35. The molecule has 0 spiro atoms. The zero-order valence-corrected chi connectivity index (χ0v) is 18.1. The molecule has 0 bridgehead atoms. The molecular weight excluding hydrogens is 374 g/mol. The highest BCUT2D eigenvalue weighted by Crippen LogP contribution is 2.39. The molecule has 5 nitrogen and oxygen atoms in total. The highest BCUT2D eigenvalue weighted by Gasteiger charge is 2.42. The second-order valence-corrected chi connectivity index (χ2v) is 9.77. The minimum atomic E-state index is -0.377. The second kappa shape index (κ2) is 8.72. The van der Waals surface area contributed by atoms with Gasteiger partial charge in [0.15, 0.2) is 0 Å². The fourth-order valence-electron chi connectivity index (χ4n) is 5.92. The quantitative estimate of drug-likeness (QED) is 0.807. The molecule has 5 heteroatoms. The van der Waals surface area contributed by atoms with Gasteiger partial charge in [0, 0.05) is 32.5 Å². The largest absolute Gasteiger partial charge is 0.488 e. The van der Waals surface area contributed by atoms with Crippen molar-refractivity contribution in [2.24, 2.45) is 18.9 Å². The van der Waals surface area contributed by atoms with Crippen molar-refractivity contribution in [3.05, 3.63) is 48.0 Å². The number of hydrogen-bond acceptors (Lipinski definition) is 4. The maximum absolute atomic E-state index is 10.8. The van der Waals surface area contributed by atoms with Crippen LogP contribution in [0.3, 0.4) is 0 Å². The molecule has 0 amide bonds. The first kappa shape index (κ1) is 20.1. The lowest BCUT2D eigenvalue weighted by Crippen LogP contribution is -2.42. The van der Waals surface area contributed by atoms with E-state index < -0.39 is 0 Å². The molecule has 1 aromatic carbocycles. The summed E-state index contributed by atoms with van der Waals surface area (Å²) in [4.78, 5) is 6.96. The molecule has 1 aromatic heterocycles. The highest BCUT2D eigenvalue weighted by atomic mass is 16.5. The van der Waals surface area contributed by atoms with Gasteiger partial charge in [-0.3, -0.25) is 4.90 Å². The van der Waals surface area contributed by atoms with Crippen LogP contribution < -0.4 is 4.74 Å². The van der Waals surface area contributed by atoms with Gasteiger partial charge in [-0.15, -0.1) is 0 Å². The van der Waals surface area contributed by atoms with Gasteiger partial charge in [-0.25, -0.2) is 4.98 Å². The summed E-state index contributed by atoms with van der Waals surface area (Å²) in [6.07, 6.45) is 11.9. The van der Waals surface area contributed by atoms with E-state index in [9.17, 15) is 5.11 Å². The number of benzene rings is 1. The van der Waals surface area contributed by atoms with Crippen LogP contribution in [-0.4, -0.2) is 44.9 Å². The minimum Gasteiger partial charge on any atom is -0.488 e. The molecule has 162 valence electrons. The number of aromatic nitrogens is 2. The van der Waals surface area contributed by atoms with Crippen LogP contribution in [0.25, 0.3) is 0 Å². The number of aliphatic hydroxyl groups excluding tert-OH is 1. The molecule has 0 unspecified atom stereocenters. The number of imidazole rings is 1. The Morgan fingerprint density at radius 1 is 1.03 bits per heavy atom. The third kappa shape index (κ3) is 4.28. The maximum Gasteiger partial charge on any atom is 0.125 e. The summed E-state index contributed by atoms with van der Waals surface area (Å²) in [7, 11) is 2.05. The van der Waals surface area contributed by atoms with Crippen molar-refractivity contribution >= 4 is 0 Å². The summed E-state index contributed by atoms with van der Waals surface area (Å²) in [6, 6.07) is 8.72. The number of nitrogens with zero attached hydrogens (tertiary/aromatic N) is 3. The monoisotopic (exact) mass is 409 g/mol. The molecule has 3 aliphatic rings. The summed E-state index contributed by atoms with van der Waals surface area (Å²) in [6.45, 7) is 3.02. The van der Waals surface area contributed by atoms with Gasteiger partial charge < -0.3 is 14.4 Å². The molecule has 1 saturated heterocycles. The number of aliphatic hydroxyl groups is 1. The lowest BCUT2D eigenvalue weighted by atomic mass is 9.78. The Morgan fingerprint density at radius 2 is 1.77 bits per heavy atom. The van der Waals surface area contributed by atoms with Gasteiger partial charge >= 0.3 is 0 Å². The summed E-state index contributed by atoms with van der Waals surface area (Å²) >= 11 is 0. The molecular formula is C25H35N3O2. The van der Waals surface area contributed by atoms with E-state index >= 15 is 0 Å². The molecule has 5 rings (SSSR count). The van der Waals surface area contributed by atoms with Gasteiger partial charge in [0.05, 0.1) is 12.6 Å². The average Bonchev–Trinajstić information content (AvgIpc) is 3.35. The van der Waals surface area contributed by atoms with Crippen molar-refractivity contribution < 1.29 is 9.84 Å². The SMILES string of the molecule is Cn1ccnc1CN1C[C@H]2C[C@@H](Oc3ccc(C4CCCCC4)cc3)[C@H](O)C[C@H]2C1. The predicted octanol–water partition coefficient (Wildman–Crippen LogP) is 4.12. The zero-order valence-electron chi connectivity index (χ0n) is 18.1. The summed E-state index contributed by atoms with van der Waals surface area (Å²) in [5, 5.41) is 10.8. The van der Waals surface area contributed by atoms with Crippen LogP contribution in [0.5, 0.6) is 5.75 Å². The van der Waals surface area contributed by atoms with E-state index in [0.29, 0.717) is 11.8 Å². The van der Waals surface area contributed by atoms with E-state index in [1.54, 1.807) is 0 Å². The summed E-state index contributed by atoms with van der Waals surface area (Å²) < 4.78 is 8.39. The van der Waals surface area contributed by atoms with Crippen LogP contribution in [0.4, 0.5) is 0 Å². The molecule has 2 heterocycles. The standard InChI is InChI=1S/C25H35N3O2/c1-27-12-11-26-25(27)17-28-15-20-13-23(29)24(14-21(20)16-28)30-22-9-7-19(8-10-22)18-5-3-2-4-6-18/h7-12,18,20-21,23-24,29H,2-6,13-17H2,1H3/t20-,21+,23+,24+/m0/s1. The number of likely N-dealkylation sites (tertiary alicyclic amines) is 1. The van der Waals surface area contributed by atoms with Crippen molar-refractivity contribution in [1.29, 1.82) is 0 Å². The molecule has 2 aromatic rings. The average molecular weight is 410 g/mol. The number of fused-ring (bicyclic) bond motifs is 1. The van der Waals surface area contributed by atoms with Crippen molar-refractivity contribution in [2.75, 3.05) is 13.1 Å². The Labute approximate surface area is 180 Å². The van der Waals surface area contributed by atoms with E-state index in [2.05, 4.69) is 45.8 Å². The smallest absolute Gasteiger partial charge is 0.125 e. The molecule has 2 aliphatic carbocycles. The van der Waals surface area contributed by atoms with Crippen molar-refractivity contribution in [2.45, 2.75) is 69.6 Å². The van der Waals surface area contributed by atoms with Gasteiger partial charge in [-0.2, -0.15) is 0 Å². The van der Waals surface area contributed by atoms with E-state index in [0.717, 1.165) is 50.0 Å². The fraction of sp³-hybridized carbons (Fsp3) is 0.640. The molecule has 30 heavy (non-hydrogen) atoms. The Balaban J connectivity index is 1.18. The number of rotatable bonds is 5. The highest BCUT2D eigenvalue weighted by molar-refractivity contribution is 5.30. The van der Waals surface area contributed by atoms with Crippen LogP contribution in [0.15, 0.2) is 36.7 Å². The molecule has 0 radical (unpaired) electrons. The van der Waals surface area contributed by atoms with Crippen LogP contribution in [0, 0.1) is 11.8 Å². The van der Waals surface area contributed by atoms with E-state index in [1.165, 1.54) is 37.7 Å². The molecule has 3 fully saturated rings. The van der Waals surface area contributed by atoms with Gasteiger partial charge in [0.2, 0.25) is 0 Å². The maximum atomic E-state index is 10.8. The number of aryl methyl sites for hydroxylation is 1. The lowest BCUT2D eigenvalue weighted by molar-refractivity contribution is -0.0231. The second-order valence-electron chi connectivity index (χ2n) is 9.77.